The van der Waals surface area contributed by atoms with E-state index in [0.717, 1.165) is 0 Å². The number of ether oxygens (including phenoxy) is 2. The van der Waals surface area contributed by atoms with Gasteiger partial charge in [0.1, 0.15) is 5.82 Å². The molecule has 0 saturated heterocycles. The van der Waals surface area contributed by atoms with Crippen LogP contribution in [0.5, 0.6) is 11.5 Å². The SMILES string of the molecule is CCOc1cc(C=CC(=O)c2ccc(F)cc2)cc(Cl)c1OC. The summed E-state index contributed by atoms with van der Waals surface area (Å²) in [6, 6.07) is 8.79. The van der Waals surface area contributed by atoms with Gasteiger partial charge in [-0.15, -0.1) is 0 Å². The summed E-state index contributed by atoms with van der Waals surface area (Å²) in [5.74, 6) is 0.357. The minimum absolute atomic E-state index is 0.227. The van der Waals surface area contributed by atoms with Crippen molar-refractivity contribution in [1.82, 2.24) is 0 Å². The summed E-state index contributed by atoms with van der Waals surface area (Å²) >= 11 is 6.15. The molecule has 0 aliphatic rings. The predicted molar refractivity (Wildman–Crippen MR) is 88.9 cm³/mol. The molecule has 0 fully saturated rings. The highest BCUT2D eigenvalue weighted by Gasteiger charge is 2.10. The van der Waals surface area contributed by atoms with Crippen molar-refractivity contribution in [2.45, 2.75) is 6.92 Å². The van der Waals surface area contributed by atoms with E-state index in [1.165, 1.54) is 37.5 Å². The number of carbonyl (C=O) groups is 1. The summed E-state index contributed by atoms with van der Waals surface area (Å²) in [4.78, 5) is 12.0. The molecule has 0 amide bonds. The first-order chi connectivity index (χ1) is 11.0. The second-order valence-electron chi connectivity index (χ2n) is 4.67. The smallest absolute Gasteiger partial charge is 0.185 e. The Morgan fingerprint density at radius 1 is 1.26 bits per heavy atom. The minimum Gasteiger partial charge on any atom is -0.491 e. The topological polar surface area (TPSA) is 35.5 Å². The van der Waals surface area contributed by atoms with Crippen LogP contribution in [0.15, 0.2) is 42.5 Å². The van der Waals surface area contributed by atoms with Crippen LogP contribution < -0.4 is 9.47 Å². The molecular weight excluding hydrogens is 319 g/mol. The average molecular weight is 335 g/mol. The van der Waals surface area contributed by atoms with Crippen LogP contribution in [0, 0.1) is 5.82 Å². The molecule has 0 atom stereocenters. The van der Waals surface area contributed by atoms with Gasteiger partial charge in [0.15, 0.2) is 17.3 Å². The number of hydrogen-bond donors (Lipinski definition) is 0. The second kappa shape index (κ2) is 7.79. The number of rotatable bonds is 6. The van der Waals surface area contributed by atoms with Gasteiger partial charge in [-0.2, -0.15) is 0 Å². The summed E-state index contributed by atoms with van der Waals surface area (Å²) in [6.07, 6.45) is 3.03. The number of carbonyl (C=O) groups excluding carboxylic acids is 1. The van der Waals surface area contributed by atoms with E-state index < -0.39 is 0 Å². The molecule has 120 valence electrons. The van der Waals surface area contributed by atoms with Crippen molar-refractivity contribution in [2.75, 3.05) is 13.7 Å². The van der Waals surface area contributed by atoms with Crippen molar-refractivity contribution < 1.29 is 18.7 Å². The summed E-state index contributed by atoms with van der Waals surface area (Å²) in [7, 11) is 1.51. The van der Waals surface area contributed by atoms with Gasteiger partial charge in [0, 0.05) is 5.56 Å². The number of ketones is 1. The summed E-state index contributed by atoms with van der Waals surface area (Å²) in [5, 5.41) is 0.396. The monoisotopic (exact) mass is 334 g/mol. The van der Waals surface area contributed by atoms with Crippen molar-refractivity contribution in [3.63, 3.8) is 0 Å². The molecule has 0 aliphatic heterocycles. The molecule has 2 rings (SSSR count). The first-order valence-corrected chi connectivity index (χ1v) is 7.41. The molecule has 0 aliphatic carbocycles. The lowest BCUT2D eigenvalue weighted by molar-refractivity contribution is 0.104. The zero-order valence-corrected chi connectivity index (χ0v) is 13.6. The highest BCUT2D eigenvalue weighted by Crippen LogP contribution is 2.36. The maximum Gasteiger partial charge on any atom is 0.185 e. The van der Waals surface area contributed by atoms with Gasteiger partial charge < -0.3 is 9.47 Å². The van der Waals surface area contributed by atoms with E-state index in [4.69, 9.17) is 21.1 Å². The third-order valence-corrected chi connectivity index (χ3v) is 3.37. The number of methoxy groups -OCH3 is 1. The molecule has 0 heterocycles. The Balaban J connectivity index is 2.25. The fourth-order valence-electron chi connectivity index (χ4n) is 2.03. The predicted octanol–water partition coefficient (Wildman–Crippen LogP) is 4.78. The normalized spacial score (nSPS) is 10.8. The number of hydrogen-bond acceptors (Lipinski definition) is 3. The van der Waals surface area contributed by atoms with E-state index in [0.29, 0.717) is 34.3 Å². The quantitative estimate of drug-likeness (QED) is 0.563. The van der Waals surface area contributed by atoms with Gasteiger partial charge in [-0.3, -0.25) is 4.79 Å². The third kappa shape index (κ3) is 4.33. The fourth-order valence-corrected chi connectivity index (χ4v) is 2.32. The highest BCUT2D eigenvalue weighted by atomic mass is 35.5. The molecule has 0 unspecified atom stereocenters. The molecule has 23 heavy (non-hydrogen) atoms. The first-order valence-electron chi connectivity index (χ1n) is 7.03. The first kappa shape index (κ1) is 17.0. The Labute approximate surface area is 139 Å². The molecule has 0 radical (unpaired) electrons. The molecule has 0 saturated carbocycles. The Hall–Kier alpha value is -2.33. The molecule has 3 nitrogen and oxygen atoms in total. The Morgan fingerprint density at radius 2 is 1.96 bits per heavy atom. The van der Waals surface area contributed by atoms with Gasteiger partial charge in [-0.1, -0.05) is 17.7 Å². The van der Waals surface area contributed by atoms with Crippen molar-refractivity contribution in [2.24, 2.45) is 0 Å². The maximum absolute atomic E-state index is 12.9. The van der Waals surface area contributed by atoms with Crippen LogP contribution in [0.1, 0.15) is 22.8 Å². The molecule has 0 bridgehead atoms. The largest absolute Gasteiger partial charge is 0.491 e. The highest BCUT2D eigenvalue weighted by molar-refractivity contribution is 6.32. The molecule has 2 aromatic carbocycles. The van der Waals surface area contributed by atoms with Crippen LogP contribution in [0.25, 0.3) is 6.08 Å². The zero-order valence-electron chi connectivity index (χ0n) is 12.8. The van der Waals surface area contributed by atoms with Crippen LogP contribution in [0.4, 0.5) is 4.39 Å². The van der Waals surface area contributed by atoms with Crippen molar-refractivity contribution in [3.8, 4) is 11.5 Å². The van der Waals surface area contributed by atoms with Gasteiger partial charge >= 0.3 is 0 Å². The second-order valence-corrected chi connectivity index (χ2v) is 5.08. The van der Waals surface area contributed by atoms with E-state index in [-0.39, 0.29) is 11.6 Å². The average Bonchev–Trinajstić information content (AvgIpc) is 2.53. The summed E-state index contributed by atoms with van der Waals surface area (Å²) in [5.41, 5.74) is 1.11. The molecule has 0 N–H and O–H groups in total. The standard InChI is InChI=1S/C18H16ClFO3/c1-3-23-17-11-12(10-15(19)18(17)22-2)4-9-16(21)13-5-7-14(20)8-6-13/h4-11H,3H2,1-2H3. The van der Waals surface area contributed by atoms with Crippen LogP contribution >= 0.6 is 11.6 Å². The van der Waals surface area contributed by atoms with Crippen LogP contribution in [-0.2, 0) is 0 Å². The zero-order chi connectivity index (χ0) is 16.8. The van der Waals surface area contributed by atoms with Crippen LogP contribution in [-0.4, -0.2) is 19.5 Å². The van der Waals surface area contributed by atoms with E-state index in [2.05, 4.69) is 0 Å². The number of allylic oxidation sites excluding steroid dienone is 1. The van der Waals surface area contributed by atoms with Gasteiger partial charge in [0.05, 0.1) is 18.7 Å². The van der Waals surface area contributed by atoms with Gasteiger partial charge in [0.2, 0.25) is 0 Å². The molecule has 0 spiro atoms. The third-order valence-electron chi connectivity index (χ3n) is 3.09. The Morgan fingerprint density at radius 3 is 2.57 bits per heavy atom. The van der Waals surface area contributed by atoms with Crippen molar-refractivity contribution in [1.29, 1.82) is 0 Å². The lowest BCUT2D eigenvalue weighted by Crippen LogP contribution is -1.97. The molecule has 0 aromatic heterocycles. The number of halogens is 2. The molecular formula is C18H16ClFO3. The number of benzene rings is 2. The van der Waals surface area contributed by atoms with Crippen LogP contribution in [0.2, 0.25) is 5.02 Å². The maximum atomic E-state index is 12.9. The lowest BCUT2D eigenvalue weighted by atomic mass is 10.1. The Bertz CT molecular complexity index is 724. The summed E-state index contributed by atoms with van der Waals surface area (Å²) in [6.45, 7) is 2.32. The van der Waals surface area contributed by atoms with Crippen molar-refractivity contribution in [3.05, 3.63) is 64.4 Å². The van der Waals surface area contributed by atoms with E-state index >= 15 is 0 Å². The Kier molecular flexibility index (Phi) is 5.77. The van der Waals surface area contributed by atoms with Gasteiger partial charge in [-0.25, -0.2) is 4.39 Å². The van der Waals surface area contributed by atoms with E-state index in [1.54, 1.807) is 18.2 Å². The van der Waals surface area contributed by atoms with Crippen molar-refractivity contribution >= 4 is 23.5 Å². The lowest BCUT2D eigenvalue weighted by Gasteiger charge is -2.11. The van der Waals surface area contributed by atoms with E-state index in [9.17, 15) is 9.18 Å². The molecule has 2 aromatic rings. The fraction of sp³-hybridized carbons (Fsp3) is 0.167. The summed E-state index contributed by atoms with van der Waals surface area (Å²) < 4.78 is 23.6. The van der Waals surface area contributed by atoms with Gasteiger partial charge in [0.25, 0.3) is 0 Å². The van der Waals surface area contributed by atoms with Crippen LogP contribution in [0.3, 0.4) is 0 Å². The van der Waals surface area contributed by atoms with Gasteiger partial charge in [-0.05, 0) is 55.0 Å². The minimum atomic E-state index is -0.381. The van der Waals surface area contributed by atoms with E-state index in [1.807, 2.05) is 6.92 Å². The molecule has 5 heteroatoms.